The highest BCUT2D eigenvalue weighted by atomic mass is 16.5. The number of carbonyl (C=O) groups is 2. The summed E-state index contributed by atoms with van der Waals surface area (Å²) in [5.74, 6) is -0.911. The Morgan fingerprint density at radius 1 is 0.957 bits per heavy atom. The quantitative estimate of drug-likeness (QED) is 0.343. The highest BCUT2D eigenvalue weighted by Crippen LogP contribution is 2.21. The minimum absolute atomic E-state index is 0.0961. The molecule has 0 aliphatic carbocycles. The Morgan fingerprint density at radius 3 is 2.30 bits per heavy atom. The Bertz CT molecular complexity index is 482. The Labute approximate surface area is 138 Å². The number of carbonyl (C=O) groups excluding carboxylic acids is 1. The molecule has 1 aromatic carbocycles. The minimum atomic E-state index is -0.988. The zero-order chi connectivity index (χ0) is 16.9. The van der Waals surface area contributed by atoms with Crippen molar-refractivity contribution in [1.29, 1.82) is 0 Å². The second-order valence-electron chi connectivity index (χ2n) is 5.85. The number of carboxylic acid groups (broad SMARTS) is 1. The number of para-hydroxylation sites is 1. The molecule has 4 heteroatoms. The fourth-order valence-electron chi connectivity index (χ4n) is 2.47. The zero-order valence-electron chi connectivity index (χ0n) is 14.1. The second kappa shape index (κ2) is 11.7. The van der Waals surface area contributed by atoms with E-state index in [1.54, 1.807) is 6.07 Å². The third-order valence-corrected chi connectivity index (χ3v) is 3.79. The van der Waals surface area contributed by atoms with Crippen LogP contribution in [0.5, 0.6) is 5.75 Å². The van der Waals surface area contributed by atoms with Crippen LogP contribution in [-0.2, 0) is 16.0 Å². The number of hydrogen-bond donors (Lipinski definition) is 1. The number of esters is 1. The molecule has 0 unspecified atom stereocenters. The number of unbranched alkanes of at least 4 members (excludes halogenated alkanes) is 6. The number of hydrogen-bond acceptors (Lipinski definition) is 3. The third kappa shape index (κ3) is 9.01. The number of rotatable bonds is 12. The molecule has 0 bridgehead atoms. The van der Waals surface area contributed by atoms with Crippen LogP contribution in [0, 0.1) is 0 Å². The number of benzene rings is 1. The van der Waals surface area contributed by atoms with Crippen molar-refractivity contribution in [3.63, 3.8) is 0 Å². The molecule has 4 nitrogen and oxygen atoms in total. The average molecular weight is 320 g/mol. The van der Waals surface area contributed by atoms with E-state index in [0.717, 1.165) is 18.4 Å². The second-order valence-corrected chi connectivity index (χ2v) is 5.85. The van der Waals surface area contributed by atoms with E-state index in [9.17, 15) is 9.59 Å². The molecule has 0 saturated carbocycles. The SMILES string of the molecule is CCCCCCCCCc1ccccc1OC(=O)CCC(=O)O. The highest BCUT2D eigenvalue weighted by Gasteiger charge is 2.10. The molecule has 0 radical (unpaired) electrons. The summed E-state index contributed by atoms with van der Waals surface area (Å²) >= 11 is 0. The summed E-state index contributed by atoms with van der Waals surface area (Å²) in [5.41, 5.74) is 1.02. The fraction of sp³-hybridized carbons (Fsp3) is 0.579. The van der Waals surface area contributed by atoms with E-state index in [-0.39, 0.29) is 12.8 Å². The maximum absolute atomic E-state index is 11.7. The molecule has 0 spiro atoms. The van der Waals surface area contributed by atoms with Gasteiger partial charge in [-0.05, 0) is 24.5 Å². The molecule has 23 heavy (non-hydrogen) atoms. The lowest BCUT2D eigenvalue weighted by molar-refractivity contribution is -0.142. The van der Waals surface area contributed by atoms with Gasteiger partial charge in [-0.2, -0.15) is 0 Å². The first-order chi connectivity index (χ1) is 11.1. The molecule has 0 amide bonds. The zero-order valence-corrected chi connectivity index (χ0v) is 14.1. The van der Waals surface area contributed by atoms with Gasteiger partial charge in [0.1, 0.15) is 5.75 Å². The van der Waals surface area contributed by atoms with Crippen LogP contribution in [0.1, 0.15) is 70.3 Å². The van der Waals surface area contributed by atoms with E-state index in [1.165, 1.54) is 38.5 Å². The van der Waals surface area contributed by atoms with Crippen molar-refractivity contribution >= 4 is 11.9 Å². The van der Waals surface area contributed by atoms with Gasteiger partial charge in [0, 0.05) is 0 Å². The third-order valence-electron chi connectivity index (χ3n) is 3.79. The summed E-state index contributed by atoms with van der Waals surface area (Å²) < 4.78 is 5.30. The van der Waals surface area contributed by atoms with Crippen molar-refractivity contribution < 1.29 is 19.4 Å². The molecule has 0 saturated heterocycles. The molecule has 0 aliphatic rings. The maximum Gasteiger partial charge on any atom is 0.311 e. The summed E-state index contributed by atoms with van der Waals surface area (Å²) in [6.45, 7) is 2.22. The highest BCUT2D eigenvalue weighted by molar-refractivity contribution is 5.78. The monoisotopic (exact) mass is 320 g/mol. The minimum Gasteiger partial charge on any atom is -0.481 e. The summed E-state index contributed by atoms with van der Waals surface area (Å²) in [4.78, 5) is 22.1. The molecule has 0 aliphatic heterocycles. The van der Waals surface area contributed by atoms with Gasteiger partial charge < -0.3 is 9.84 Å². The van der Waals surface area contributed by atoms with Gasteiger partial charge in [0.2, 0.25) is 0 Å². The lowest BCUT2D eigenvalue weighted by Gasteiger charge is -2.09. The maximum atomic E-state index is 11.7. The van der Waals surface area contributed by atoms with Crippen LogP contribution in [0.3, 0.4) is 0 Å². The van der Waals surface area contributed by atoms with Gasteiger partial charge in [-0.25, -0.2) is 0 Å². The molecule has 1 N–H and O–H groups in total. The average Bonchev–Trinajstić information content (AvgIpc) is 2.53. The predicted octanol–water partition coefficient (Wildman–Crippen LogP) is 4.75. The number of aryl methyl sites for hydroxylation is 1. The molecular formula is C19H28O4. The number of aliphatic carboxylic acids is 1. The van der Waals surface area contributed by atoms with Crippen LogP contribution in [0.4, 0.5) is 0 Å². The van der Waals surface area contributed by atoms with Gasteiger partial charge in [-0.3, -0.25) is 9.59 Å². The van der Waals surface area contributed by atoms with E-state index in [1.807, 2.05) is 18.2 Å². The normalized spacial score (nSPS) is 10.5. The smallest absolute Gasteiger partial charge is 0.311 e. The van der Waals surface area contributed by atoms with Crippen molar-refractivity contribution in [3.8, 4) is 5.75 Å². The van der Waals surface area contributed by atoms with Gasteiger partial charge in [-0.15, -0.1) is 0 Å². The summed E-state index contributed by atoms with van der Waals surface area (Å²) in [6.07, 6.45) is 9.29. The Hall–Kier alpha value is -1.84. The van der Waals surface area contributed by atoms with E-state index >= 15 is 0 Å². The van der Waals surface area contributed by atoms with Crippen LogP contribution in [0.2, 0.25) is 0 Å². The molecule has 0 aromatic heterocycles. The van der Waals surface area contributed by atoms with E-state index < -0.39 is 11.9 Å². The van der Waals surface area contributed by atoms with Crippen molar-refractivity contribution in [2.75, 3.05) is 0 Å². The van der Waals surface area contributed by atoms with Gasteiger partial charge in [0.05, 0.1) is 12.8 Å². The van der Waals surface area contributed by atoms with Crippen LogP contribution in [0.25, 0.3) is 0 Å². The fourth-order valence-corrected chi connectivity index (χ4v) is 2.47. The van der Waals surface area contributed by atoms with Gasteiger partial charge in [0.15, 0.2) is 0 Å². The van der Waals surface area contributed by atoms with Crippen LogP contribution >= 0.6 is 0 Å². The van der Waals surface area contributed by atoms with E-state index in [2.05, 4.69) is 6.92 Å². The molecule has 1 aromatic rings. The van der Waals surface area contributed by atoms with Crippen molar-refractivity contribution in [2.24, 2.45) is 0 Å². The molecule has 0 heterocycles. The first-order valence-electron chi connectivity index (χ1n) is 8.64. The molecule has 128 valence electrons. The number of ether oxygens (including phenoxy) is 1. The molecular weight excluding hydrogens is 292 g/mol. The van der Waals surface area contributed by atoms with Crippen LogP contribution in [-0.4, -0.2) is 17.0 Å². The van der Waals surface area contributed by atoms with Gasteiger partial charge >= 0.3 is 11.9 Å². The lowest BCUT2D eigenvalue weighted by Crippen LogP contribution is -2.11. The van der Waals surface area contributed by atoms with Crippen LogP contribution in [0.15, 0.2) is 24.3 Å². The van der Waals surface area contributed by atoms with Crippen molar-refractivity contribution in [2.45, 2.75) is 71.1 Å². The predicted molar refractivity (Wildman–Crippen MR) is 90.6 cm³/mol. The first kappa shape index (κ1) is 19.2. The molecule has 1 rings (SSSR count). The topological polar surface area (TPSA) is 63.6 Å². The standard InChI is InChI=1S/C19H28O4/c1-2-3-4-5-6-7-8-11-16-12-9-10-13-17(16)23-19(22)15-14-18(20)21/h9-10,12-13H,2-8,11,14-15H2,1H3,(H,20,21). The Kier molecular flexibility index (Phi) is 9.76. The van der Waals surface area contributed by atoms with Crippen molar-refractivity contribution in [1.82, 2.24) is 0 Å². The molecule has 0 atom stereocenters. The van der Waals surface area contributed by atoms with Crippen LogP contribution < -0.4 is 4.74 Å². The van der Waals surface area contributed by atoms with E-state index in [0.29, 0.717) is 5.75 Å². The van der Waals surface area contributed by atoms with Gasteiger partial charge in [-0.1, -0.05) is 63.6 Å². The summed E-state index contributed by atoms with van der Waals surface area (Å²) in [7, 11) is 0. The summed E-state index contributed by atoms with van der Waals surface area (Å²) in [6, 6.07) is 7.51. The Balaban J connectivity index is 2.35. The Morgan fingerprint density at radius 2 is 1.61 bits per heavy atom. The van der Waals surface area contributed by atoms with Gasteiger partial charge in [0.25, 0.3) is 0 Å². The lowest BCUT2D eigenvalue weighted by atomic mass is 10.0. The first-order valence-corrected chi connectivity index (χ1v) is 8.64. The molecule has 0 fully saturated rings. The largest absolute Gasteiger partial charge is 0.481 e. The van der Waals surface area contributed by atoms with Crippen molar-refractivity contribution in [3.05, 3.63) is 29.8 Å². The summed E-state index contributed by atoms with van der Waals surface area (Å²) in [5, 5.41) is 8.60. The number of carboxylic acids is 1. The van der Waals surface area contributed by atoms with E-state index in [4.69, 9.17) is 9.84 Å².